The average Bonchev–Trinajstić information content (AvgIpc) is 3.02. The molecule has 2 aromatic carbocycles. The number of ether oxygens (including phenoxy) is 6. The fourth-order valence-corrected chi connectivity index (χ4v) is 5.23. The largest absolute Gasteiger partial charge is 0.496 e. The van der Waals surface area contributed by atoms with Gasteiger partial charge in [0, 0.05) is 11.1 Å². The number of benzene rings is 2. The second kappa shape index (κ2) is 16.6. The molecule has 3 unspecified atom stereocenters. The highest BCUT2D eigenvalue weighted by atomic mass is 16.5. The lowest BCUT2D eigenvalue weighted by Crippen LogP contribution is -2.52. The summed E-state index contributed by atoms with van der Waals surface area (Å²) in [6.45, 7) is 1.04. The monoisotopic (exact) mass is 598 g/mol. The van der Waals surface area contributed by atoms with Crippen LogP contribution in [0.3, 0.4) is 0 Å². The zero-order chi connectivity index (χ0) is 31.6. The molecule has 0 saturated carbocycles. The third-order valence-electron chi connectivity index (χ3n) is 7.74. The first-order chi connectivity index (χ1) is 20.0. The average molecular weight is 599 g/mol. The van der Waals surface area contributed by atoms with Gasteiger partial charge in [-0.2, -0.15) is 0 Å². The first-order valence-corrected chi connectivity index (χ1v) is 13.6. The van der Waals surface area contributed by atoms with Crippen molar-refractivity contribution in [2.45, 2.75) is 56.7 Å². The number of aliphatic hydroxyl groups is 6. The maximum atomic E-state index is 11.5. The molecule has 0 aliphatic carbocycles. The minimum absolute atomic E-state index is 0.112. The molecule has 12 heteroatoms. The predicted molar refractivity (Wildman–Crippen MR) is 154 cm³/mol. The molecule has 0 aliphatic heterocycles. The minimum atomic E-state index is -1.95. The van der Waals surface area contributed by atoms with E-state index in [-0.39, 0.29) is 12.3 Å². The molecule has 0 radical (unpaired) electrons. The van der Waals surface area contributed by atoms with Crippen molar-refractivity contribution in [1.29, 1.82) is 0 Å². The summed E-state index contributed by atoms with van der Waals surface area (Å²) in [5, 5.41) is 62.3. The summed E-state index contributed by atoms with van der Waals surface area (Å²) >= 11 is 0. The Kier molecular flexibility index (Phi) is 13.9. The molecule has 0 fully saturated rings. The van der Waals surface area contributed by atoms with Crippen LogP contribution in [0.2, 0.25) is 0 Å². The lowest BCUT2D eigenvalue weighted by Gasteiger charge is -2.36. The number of aliphatic hydroxyl groups excluding tert-OH is 6. The van der Waals surface area contributed by atoms with Crippen molar-refractivity contribution in [3.8, 4) is 34.5 Å². The summed E-state index contributed by atoms with van der Waals surface area (Å²) in [6.07, 6.45) is -8.04. The van der Waals surface area contributed by atoms with Gasteiger partial charge in [-0.15, -0.1) is 0 Å². The van der Waals surface area contributed by atoms with E-state index in [4.69, 9.17) is 28.4 Å². The number of methoxy groups -OCH3 is 6. The third kappa shape index (κ3) is 7.88. The van der Waals surface area contributed by atoms with Crippen molar-refractivity contribution in [3.63, 3.8) is 0 Å². The topological polar surface area (TPSA) is 177 Å². The molecular weight excluding hydrogens is 552 g/mol. The van der Waals surface area contributed by atoms with Crippen LogP contribution in [0.1, 0.15) is 24.5 Å². The molecule has 6 N–H and O–H groups in total. The van der Waals surface area contributed by atoms with Gasteiger partial charge < -0.3 is 59.1 Å². The van der Waals surface area contributed by atoms with Crippen molar-refractivity contribution in [1.82, 2.24) is 0 Å². The summed E-state index contributed by atoms with van der Waals surface area (Å²) in [5.41, 5.74) is 1.31. The Morgan fingerprint density at radius 3 is 1.45 bits per heavy atom. The van der Waals surface area contributed by atoms with Crippen molar-refractivity contribution in [3.05, 3.63) is 35.4 Å². The van der Waals surface area contributed by atoms with E-state index < -0.39 is 43.0 Å². The van der Waals surface area contributed by atoms with Gasteiger partial charge in [0.25, 0.3) is 0 Å². The minimum Gasteiger partial charge on any atom is -0.496 e. The molecule has 0 saturated heterocycles. The highest BCUT2D eigenvalue weighted by molar-refractivity contribution is 5.55. The Morgan fingerprint density at radius 1 is 0.571 bits per heavy atom. The Bertz CT molecular complexity index is 1110. The van der Waals surface area contributed by atoms with Crippen molar-refractivity contribution < 1.29 is 59.1 Å². The molecule has 0 bridgehead atoms. The Labute approximate surface area is 247 Å². The van der Waals surface area contributed by atoms with Crippen LogP contribution in [0, 0.1) is 11.8 Å². The number of hydrogen-bond acceptors (Lipinski definition) is 12. The lowest BCUT2D eigenvalue weighted by atomic mass is 9.77. The van der Waals surface area contributed by atoms with Crippen LogP contribution in [0.5, 0.6) is 34.5 Å². The van der Waals surface area contributed by atoms with E-state index in [2.05, 4.69) is 0 Å². The zero-order valence-corrected chi connectivity index (χ0v) is 25.3. The molecule has 0 aromatic heterocycles. The van der Waals surface area contributed by atoms with Crippen molar-refractivity contribution >= 4 is 0 Å². The van der Waals surface area contributed by atoms with E-state index in [1.165, 1.54) is 35.5 Å². The van der Waals surface area contributed by atoms with E-state index in [0.717, 1.165) is 5.56 Å². The molecule has 238 valence electrons. The fourth-order valence-electron chi connectivity index (χ4n) is 5.23. The first-order valence-electron chi connectivity index (χ1n) is 13.6. The van der Waals surface area contributed by atoms with Crippen molar-refractivity contribution in [2.75, 3.05) is 49.3 Å². The van der Waals surface area contributed by atoms with Crippen LogP contribution in [-0.2, 0) is 12.8 Å². The molecule has 42 heavy (non-hydrogen) atoms. The van der Waals surface area contributed by atoms with Crippen LogP contribution in [-0.4, -0.2) is 110 Å². The second-order valence-electron chi connectivity index (χ2n) is 10.1. The summed E-state index contributed by atoms with van der Waals surface area (Å²) in [5.74, 6) is 1.81. The van der Waals surface area contributed by atoms with Gasteiger partial charge in [-0.25, -0.2) is 0 Å². The van der Waals surface area contributed by atoms with Gasteiger partial charge in [0.15, 0.2) is 23.0 Å². The normalized spacial score (nSPS) is 16.4. The van der Waals surface area contributed by atoms with Gasteiger partial charge in [-0.3, -0.25) is 0 Å². The molecule has 0 spiro atoms. The standard InChI is InChI=1S/C30H46O12/c1-16(8-9-17-21(37-2)10-12-23(39-4)29(17)41-6)18(25(33)27(35)28(36)26(34)20(32)15-31)14-19-22(38-3)11-13-24(40-5)30(19)42-7/h10-13,16,18,20,25-28,31-36H,8-9,14-15H2,1-7H3/t16?,18?,20-,25?,26+,27+,28-/m0/s1. The van der Waals surface area contributed by atoms with Crippen LogP contribution in [0.15, 0.2) is 24.3 Å². The molecule has 0 amide bonds. The smallest absolute Gasteiger partial charge is 0.167 e. The SMILES string of the molecule is COc1ccc(OC)c(OC)c1CCC(C)C(Cc1c(OC)ccc(OC)c1OC)C(O)[C@@H](O)[C@@H](O)[C@H](O)[C@@H](O)CO. The summed E-state index contributed by atoms with van der Waals surface area (Å²) < 4.78 is 33.3. The Morgan fingerprint density at radius 2 is 1.00 bits per heavy atom. The predicted octanol–water partition coefficient (Wildman–Crippen LogP) is 0.963. The van der Waals surface area contributed by atoms with Crippen molar-refractivity contribution in [2.24, 2.45) is 11.8 Å². The molecule has 7 atom stereocenters. The van der Waals surface area contributed by atoms with Crippen LogP contribution in [0.25, 0.3) is 0 Å². The van der Waals surface area contributed by atoms with Gasteiger partial charge in [0.1, 0.15) is 35.9 Å². The Balaban J connectivity index is 2.54. The summed E-state index contributed by atoms with van der Waals surface area (Å²) in [4.78, 5) is 0. The highest BCUT2D eigenvalue weighted by Gasteiger charge is 2.40. The molecular formula is C30H46O12. The van der Waals surface area contributed by atoms with Gasteiger partial charge in [0.05, 0.1) is 55.4 Å². The molecule has 2 rings (SSSR count). The van der Waals surface area contributed by atoms with E-state index in [1.54, 1.807) is 31.4 Å². The van der Waals surface area contributed by atoms with Gasteiger partial charge in [-0.05, 0) is 55.4 Å². The summed E-state index contributed by atoms with van der Waals surface area (Å²) in [7, 11) is 9.07. The molecule has 12 nitrogen and oxygen atoms in total. The summed E-state index contributed by atoms with van der Waals surface area (Å²) in [6, 6.07) is 6.89. The highest BCUT2D eigenvalue weighted by Crippen LogP contribution is 2.42. The quantitative estimate of drug-likeness (QED) is 0.144. The third-order valence-corrected chi connectivity index (χ3v) is 7.74. The van der Waals surface area contributed by atoms with Crippen LogP contribution >= 0.6 is 0 Å². The maximum Gasteiger partial charge on any atom is 0.167 e. The fraction of sp³-hybridized carbons (Fsp3) is 0.600. The van der Waals surface area contributed by atoms with E-state index >= 15 is 0 Å². The van der Waals surface area contributed by atoms with Crippen LogP contribution in [0.4, 0.5) is 0 Å². The van der Waals surface area contributed by atoms with E-state index in [0.29, 0.717) is 52.9 Å². The lowest BCUT2D eigenvalue weighted by molar-refractivity contribution is -0.152. The van der Waals surface area contributed by atoms with Gasteiger partial charge in [-0.1, -0.05) is 6.92 Å². The van der Waals surface area contributed by atoms with Crippen LogP contribution < -0.4 is 28.4 Å². The molecule has 0 heterocycles. The molecule has 2 aromatic rings. The van der Waals surface area contributed by atoms with Gasteiger partial charge in [0.2, 0.25) is 0 Å². The van der Waals surface area contributed by atoms with E-state index in [9.17, 15) is 30.6 Å². The first kappa shape index (κ1) is 35.2. The number of hydrogen-bond donors (Lipinski definition) is 6. The van der Waals surface area contributed by atoms with E-state index in [1.807, 2.05) is 6.92 Å². The zero-order valence-electron chi connectivity index (χ0n) is 25.3. The number of rotatable bonds is 18. The second-order valence-corrected chi connectivity index (χ2v) is 10.1. The molecule has 0 aliphatic rings. The van der Waals surface area contributed by atoms with Gasteiger partial charge >= 0.3 is 0 Å². The Hall–Kier alpha value is -3.00. The maximum absolute atomic E-state index is 11.5.